The molecule has 3 aliphatic heterocycles. The molecule has 0 aliphatic carbocycles. The average Bonchev–Trinajstić information content (AvgIpc) is 2.34. The standard InChI is InChI=1S/C17H34N4/c1-14(2)19-7-5-18(6-8-19)9-16-10-21(11-16)17-12-20(13-17)15(3)4/h14-17H,5-13H2,1-4H3. The molecule has 3 aliphatic rings. The van der Waals surface area contributed by atoms with Gasteiger partial charge in [-0.05, 0) is 33.6 Å². The third-order valence-corrected chi connectivity index (χ3v) is 5.78. The van der Waals surface area contributed by atoms with Gasteiger partial charge in [-0.1, -0.05) is 0 Å². The largest absolute Gasteiger partial charge is 0.300 e. The van der Waals surface area contributed by atoms with Gasteiger partial charge in [0.05, 0.1) is 0 Å². The molecule has 4 nitrogen and oxygen atoms in total. The zero-order valence-corrected chi connectivity index (χ0v) is 14.5. The first-order chi connectivity index (χ1) is 10.0. The molecule has 0 aromatic rings. The van der Waals surface area contributed by atoms with Crippen LogP contribution in [0.3, 0.4) is 0 Å². The Morgan fingerprint density at radius 1 is 0.762 bits per heavy atom. The van der Waals surface area contributed by atoms with Gasteiger partial charge in [0.15, 0.2) is 0 Å². The van der Waals surface area contributed by atoms with Crippen molar-refractivity contribution in [2.24, 2.45) is 5.92 Å². The van der Waals surface area contributed by atoms with Gasteiger partial charge in [-0.3, -0.25) is 14.7 Å². The van der Waals surface area contributed by atoms with Crippen molar-refractivity contribution in [3.05, 3.63) is 0 Å². The minimum absolute atomic E-state index is 0.717. The molecule has 0 aromatic heterocycles. The average molecular weight is 294 g/mol. The summed E-state index contributed by atoms with van der Waals surface area (Å²) >= 11 is 0. The summed E-state index contributed by atoms with van der Waals surface area (Å²) in [6, 6.07) is 2.31. The van der Waals surface area contributed by atoms with Crippen LogP contribution < -0.4 is 0 Å². The van der Waals surface area contributed by atoms with Gasteiger partial charge in [0.2, 0.25) is 0 Å². The summed E-state index contributed by atoms with van der Waals surface area (Å²) in [5.41, 5.74) is 0. The summed E-state index contributed by atoms with van der Waals surface area (Å²) in [4.78, 5) is 10.6. The third kappa shape index (κ3) is 3.61. The number of hydrogen-bond acceptors (Lipinski definition) is 4. The van der Waals surface area contributed by atoms with Gasteiger partial charge in [0, 0.05) is 77.0 Å². The maximum absolute atomic E-state index is 2.72. The Morgan fingerprint density at radius 3 is 1.86 bits per heavy atom. The highest BCUT2D eigenvalue weighted by molar-refractivity contribution is 4.96. The van der Waals surface area contributed by atoms with Gasteiger partial charge < -0.3 is 4.90 Å². The van der Waals surface area contributed by atoms with E-state index in [1.807, 2.05) is 0 Å². The van der Waals surface area contributed by atoms with Crippen LogP contribution in [0.1, 0.15) is 27.7 Å². The number of nitrogens with zero attached hydrogens (tertiary/aromatic N) is 4. The first-order valence-corrected chi connectivity index (χ1v) is 8.97. The molecule has 3 fully saturated rings. The second-order valence-corrected chi connectivity index (χ2v) is 7.95. The van der Waals surface area contributed by atoms with Crippen LogP contribution in [0.2, 0.25) is 0 Å². The zero-order chi connectivity index (χ0) is 15.0. The Labute approximate surface area is 131 Å². The number of piperazine rings is 1. The molecule has 0 saturated carbocycles. The lowest BCUT2D eigenvalue weighted by atomic mass is 9.93. The van der Waals surface area contributed by atoms with E-state index in [0.717, 1.165) is 18.0 Å². The van der Waals surface area contributed by atoms with E-state index in [1.165, 1.54) is 58.9 Å². The molecular formula is C17H34N4. The first kappa shape index (κ1) is 15.7. The van der Waals surface area contributed by atoms with E-state index in [0.29, 0.717) is 6.04 Å². The van der Waals surface area contributed by atoms with Gasteiger partial charge in [-0.2, -0.15) is 0 Å². The van der Waals surface area contributed by atoms with Gasteiger partial charge in [-0.25, -0.2) is 0 Å². The fourth-order valence-electron chi connectivity index (χ4n) is 3.99. The van der Waals surface area contributed by atoms with E-state index in [4.69, 9.17) is 0 Å². The Bertz CT molecular complexity index is 324. The summed E-state index contributed by atoms with van der Waals surface area (Å²) in [5, 5.41) is 0. The summed E-state index contributed by atoms with van der Waals surface area (Å²) in [7, 11) is 0. The molecule has 3 saturated heterocycles. The second-order valence-electron chi connectivity index (χ2n) is 7.95. The van der Waals surface area contributed by atoms with Crippen LogP contribution in [-0.2, 0) is 0 Å². The molecule has 0 spiro atoms. The molecule has 0 amide bonds. The minimum Gasteiger partial charge on any atom is -0.300 e. The predicted molar refractivity (Wildman–Crippen MR) is 88.7 cm³/mol. The van der Waals surface area contributed by atoms with E-state index in [1.54, 1.807) is 0 Å². The van der Waals surface area contributed by atoms with Crippen molar-refractivity contribution in [1.82, 2.24) is 19.6 Å². The summed E-state index contributed by atoms with van der Waals surface area (Å²) in [5.74, 6) is 0.934. The molecule has 0 radical (unpaired) electrons. The van der Waals surface area contributed by atoms with Crippen LogP contribution in [0.4, 0.5) is 0 Å². The van der Waals surface area contributed by atoms with E-state index >= 15 is 0 Å². The molecule has 0 aromatic carbocycles. The maximum Gasteiger partial charge on any atom is 0.0350 e. The van der Waals surface area contributed by atoms with E-state index in [-0.39, 0.29) is 0 Å². The molecule has 122 valence electrons. The Morgan fingerprint density at radius 2 is 1.33 bits per heavy atom. The molecule has 0 atom stereocenters. The Kier molecular flexibility index (Phi) is 4.89. The molecule has 3 rings (SSSR count). The number of likely N-dealkylation sites (tertiary alicyclic amines) is 2. The van der Waals surface area contributed by atoms with Gasteiger partial charge in [0.25, 0.3) is 0 Å². The monoisotopic (exact) mass is 294 g/mol. The van der Waals surface area contributed by atoms with Crippen molar-refractivity contribution in [2.45, 2.75) is 45.8 Å². The maximum atomic E-state index is 2.72. The molecule has 21 heavy (non-hydrogen) atoms. The summed E-state index contributed by atoms with van der Waals surface area (Å²) in [6.45, 7) is 21.0. The smallest absolute Gasteiger partial charge is 0.0350 e. The van der Waals surface area contributed by atoms with Gasteiger partial charge in [0.1, 0.15) is 0 Å². The highest BCUT2D eigenvalue weighted by Gasteiger charge is 2.39. The van der Waals surface area contributed by atoms with Crippen molar-refractivity contribution in [3.63, 3.8) is 0 Å². The topological polar surface area (TPSA) is 13.0 Å². The third-order valence-electron chi connectivity index (χ3n) is 5.78. The van der Waals surface area contributed by atoms with E-state index < -0.39 is 0 Å². The van der Waals surface area contributed by atoms with Crippen LogP contribution >= 0.6 is 0 Å². The lowest BCUT2D eigenvalue weighted by Gasteiger charge is -2.54. The Balaban J connectivity index is 1.30. The zero-order valence-electron chi connectivity index (χ0n) is 14.5. The van der Waals surface area contributed by atoms with Crippen LogP contribution in [-0.4, -0.2) is 96.6 Å². The molecule has 0 unspecified atom stereocenters. The lowest BCUT2D eigenvalue weighted by Crippen LogP contribution is -2.67. The fraction of sp³-hybridized carbons (Fsp3) is 1.00. The van der Waals surface area contributed by atoms with Crippen molar-refractivity contribution in [2.75, 3.05) is 58.9 Å². The minimum atomic E-state index is 0.717. The highest BCUT2D eigenvalue weighted by atomic mass is 15.4. The molecule has 3 heterocycles. The van der Waals surface area contributed by atoms with Crippen molar-refractivity contribution in [1.29, 1.82) is 0 Å². The van der Waals surface area contributed by atoms with Crippen LogP contribution in [0.25, 0.3) is 0 Å². The molecular weight excluding hydrogens is 260 g/mol. The second kappa shape index (κ2) is 6.53. The lowest BCUT2D eigenvalue weighted by molar-refractivity contribution is -0.0519. The van der Waals surface area contributed by atoms with Crippen molar-refractivity contribution >= 4 is 0 Å². The molecule has 4 heteroatoms. The molecule has 0 bridgehead atoms. The highest BCUT2D eigenvalue weighted by Crippen LogP contribution is 2.26. The van der Waals surface area contributed by atoms with Crippen molar-refractivity contribution < 1.29 is 0 Å². The van der Waals surface area contributed by atoms with Crippen molar-refractivity contribution in [3.8, 4) is 0 Å². The van der Waals surface area contributed by atoms with E-state index in [9.17, 15) is 0 Å². The van der Waals surface area contributed by atoms with Crippen LogP contribution in [0.5, 0.6) is 0 Å². The predicted octanol–water partition coefficient (Wildman–Crippen LogP) is 1.04. The fourth-order valence-corrected chi connectivity index (χ4v) is 3.99. The Hall–Kier alpha value is -0.160. The van der Waals surface area contributed by atoms with Gasteiger partial charge in [-0.15, -0.1) is 0 Å². The summed E-state index contributed by atoms with van der Waals surface area (Å²) in [6.07, 6.45) is 0. The van der Waals surface area contributed by atoms with Crippen LogP contribution in [0, 0.1) is 5.92 Å². The number of hydrogen-bond donors (Lipinski definition) is 0. The first-order valence-electron chi connectivity index (χ1n) is 8.97. The number of rotatable bonds is 5. The SMILES string of the molecule is CC(C)N1CCN(CC2CN(C3CN(C(C)C)C3)C2)CC1. The van der Waals surface area contributed by atoms with Gasteiger partial charge >= 0.3 is 0 Å². The molecule has 0 N–H and O–H groups in total. The van der Waals surface area contributed by atoms with Crippen LogP contribution in [0.15, 0.2) is 0 Å². The van der Waals surface area contributed by atoms with E-state index in [2.05, 4.69) is 47.3 Å². The summed E-state index contributed by atoms with van der Waals surface area (Å²) < 4.78 is 0. The quantitative estimate of drug-likeness (QED) is 0.751. The normalized spacial score (nSPS) is 28.3.